The highest BCUT2D eigenvalue weighted by Crippen LogP contribution is 2.37. The zero-order valence-electron chi connectivity index (χ0n) is 16.2. The normalized spacial score (nSPS) is 16.8. The van der Waals surface area contributed by atoms with Gasteiger partial charge in [0.1, 0.15) is 5.75 Å². The molecule has 0 atom stereocenters. The predicted octanol–water partition coefficient (Wildman–Crippen LogP) is 3.61. The number of hydrogen-bond acceptors (Lipinski definition) is 5. The van der Waals surface area contributed by atoms with E-state index < -0.39 is 0 Å². The minimum absolute atomic E-state index is 0.231. The molecule has 1 fully saturated rings. The zero-order chi connectivity index (χ0) is 18.4. The van der Waals surface area contributed by atoms with Crippen LogP contribution in [-0.4, -0.2) is 31.9 Å². The molecule has 142 valence electrons. The molecule has 0 unspecified atom stereocenters. The molecule has 1 aliphatic heterocycles. The Labute approximate surface area is 156 Å². The molecule has 0 radical (unpaired) electrons. The van der Waals surface area contributed by atoms with Gasteiger partial charge in [-0.3, -0.25) is 0 Å². The van der Waals surface area contributed by atoms with Crippen LogP contribution in [0.1, 0.15) is 56.0 Å². The fourth-order valence-corrected chi connectivity index (χ4v) is 3.76. The average molecular weight is 357 g/mol. The number of ether oxygens (including phenoxy) is 1. The predicted molar refractivity (Wildman–Crippen MR) is 104 cm³/mol. The molecule has 0 amide bonds. The van der Waals surface area contributed by atoms with E-state index in [0.29, 0.717) is 5.92 Å². The quantitative estimate of drug-likeness (QED) is 0.707. The van der Waals surface area contributed by atoms with Crippen molar-refractivity contribution >= 4 is 0 Å². The van der Waals surface area contributed by atoms with Gasteiger partial charge in [-0.25, -0.2) is 0 Å². The van der Waals surface area contributed by atoms with Crippen molar-refractivity contribution < 1.29 is 9.26 Å². The Morgan fingerprint density at radius 3 is 2.58 bits per heavy atom. The molecule has 2 heterocycles. The van der Waals surface area contributed by atoms with E-state index in [9.17, 15) is 0 Å². The molecule has 0 spiro atoms. The molecule has 2 aromatic rings. The second-order valence-electron chi connectivity index (χ2n) is 7.56. The maximum atomic E-state index is 5.42. The van der Waals surface area contributed by atoms with Crippen LogP contribution in [0.25, 0.3) is 0 Å². The summed E-state index contributed by atoms with van der Waals surface area (Å²) in [5, 5.41) is 11.2. The first kappa shape index (κ1) is 18.9. The maximum absolute atomic E-state index is 5.42. The van der Waals surface area contributed by atoms with Gasteiger partial charge in [0.2, 0.25) is 0 Å². The Morgan fingerprint density at radius 1 is 1.23 bits per heavy atom. The molecule has 1 saturated heterocycles. The van der Waals surface area contributed by atoms with Gasteiger partial charge in [-0.05, 0) is 67.9 Å². The molecule has 1 aromatic carbocycles. The summed E-state index contributed by atoms with van der Waals surface area (Å²) in [5.74, 6) is 2.24. The lowest BCUT2D eigenvalue weighted by Gasteiger charge is -2.38. The summed E-state index contributed by atoms with van der Waals surface area (Å²) >= 11 is 0. The van der Waals surface area contributed by atoms with E-state index in [1.807, 2.05) is 0 Å². The van der Waals surface area contributed by atoms with Crippen molar-refractivity contribution in [2.24, 2.45) is 0 Å². The van der Waals surface area contributed by atoms with Crippen molar-refractivity contribution in [3.8, 4) is 5.75 Å². The van der Waals surface area contributed by atoms with Gasteiger partial charge in [0, 0.05) is 6.07 Å². The first-order valence-corrected chi connectivity index (χ1v) is 9.64. The van der Waals surface area contributed by atoms with Gasteiger partial charge in [0.25, 0.3) is 0 Å². The summed E-state index contributed by atoms with van der Waals surface area (Å²) in [5.41, 5.74) is 2.67. The van der Waals surface area contributed by atoms with Gasteiger partial charge in [-0.1, -0.05) is 31.1 Å². The molecule has 26 heavy (non-hydrogen) atoms. The number of rotatable bonds is 8. The summed E-state index contributed by atoms with van der Waals surface area (Å²) in [6.45, 7) is 8.10. The van der Waals surface area contributed by atoms with E-state index >= 15 is 0 Å². The van der Waals surface area contributed by atoms with E-state index in [2.05, 4.69) is 60.0 Å². The number of aromatic nitrogens is 1. The smallest absolute Gasteiger partial charge is 0.150 e. The number of methoxy groups -OCH3 is 1. The van der Waals surface area contributed by atoms with Crippen LogP contribution in [0.15, 0.2) is 34.9 Å². The summed E-state index contributed by atoms with van der Waals surface area (Å²) in [6.07, 6.45) is 3.45. The van der Waals surface area contributed by atoms with E-state index in [1.54, 1.807) is 7.11 Å². The lowest BCUT2D eigenvalue weighted by Crippen LogP contribution is -2.41. The first-order valence-electron chi connectivity index (χ1n) is 9.64. The minimum Gasteiger partial charge on any atom is -0.497 e. The molecule has 5 nitrogen and oxygen atoms in total. The standard InChI is InChI=1S/C21H31N3O2/c1-16(2)20-14-19(26-24-20)15-23-13-10-21(8-11-22-12-9-21)17-4-6-18(25-3)7-5-17/h4-7,14,16,22-23H,8-13,15H2,1-3H3. The molecule has 3 rings (SSSR count). The minimum atomic E-state index is 0.231. The molecule has 0 aliphatic carbocycles. The van der Waals surface area contributed by atoms with Crippen LogP contribution in [0.2, 0.25) is 0 Å². The molecule has 5 heteroatoms. The zero-order valence-corrected chi connectivity index (χ0v) is 16.2. The summed E-state index contributed by atoms with van der Waals surface area (Å²) < 4.78 is 10.7. The number of piperidine rings is 1. The summed E-state index contributed by atoms with van der Waals surface area (Å²) in [7, 11) is 1.72. The largest absolute Gasteiger partial charge is 0.497 e. The third-order valence-electron chi connectivity index (χ3n) is 5.51. The van der Waals surface area contributed by atoms with Crippen LogP contribution in [0.3, 0.4) is 0 Å². The van der Waals surface area contributed by atoms with Crippen molar-refractivity contribution in [1.29, 1.82) is 0 Å². The highest BCUT2D eigenvalue weighted by Gasteiger charge is 2.33. The van der Waals surface area contributed by atoms with Crippen molar-refractivity contribution in [2.45, 2.75) is 51.0 Å². The van der Waals surface area contributed by atoms with Crippen LogP contribution in [0.5, 0.6) is 5.75 Å². The number of nitrogens with zero attached hydrogens (tertiary/aromatic N) is 1. The van der Waals surface area contributed by atoms with Gasteiger partial charge < -0.3 is 19.9 Å². The van der Waals surface area contributed by atoms with Crippen molar-refractivity contribution in [1.82, 2.24) is 15.8 Å². The van der Waals surface area contributed by atoms with E-state index in [4.69, 9.17) is 9.26 Å². The Kier molecular flexibility index (Phi) is 6.33. The first-order chi connectivity index (χ1) is 12.6. The van der Waals surface area contributed by atoms with E-state index in [1.165, 1.54) is 18.4 Å². The average Bonchev–Trinajstić information content (AvgIpc) is 3.15. The molecular weight excluding hydrogens is 326 g/mol. The van der Waals surface area contributed by atoms with E-state index in [0.717, 1.165) is 49.8 Å². The maximum Gasteiger partial charge on any atom is 0.150 e. The van der Waals surface area contributed by atoms with Crippen LogP contribution in [0, 0.1) is 0 Å². The monoisotopic (exact) mass is 357 g/mol. The molecular formula is C21H31N3O2. The number of benzene rings is 1. The van der Waals surface area contributed by atoms with E-state index in [-0.39, 0.29) is 5.41 Å². The third kappa shape index (κ3) is 4.46. The molecule has 0 bridgehead atoms. The second-order valence-corrected chi connectivity index (χ2v) is 7.56. The summed E-state index contributed by atoms with van der Waals surface area (Å²) in [4.78, 5) is 0. The van der Waals surface area contributed by atoms with Crippen LogP contribution in [0.4, 0.5) is 0 Å². The lowest BCUT2D eigenvalue weighted by molar-refractivity contribution is 0.280. The van der Waals surface area contributed by atoms with Crippen LogP contribution in [-0.2, 0) is 12.0 Å². The SMILES string of the molecule is COc1ccc(C2(CCNCc3cc(C(C)C)no3)CCNCC2)cc1. The molecule has 2 N–H and O–H groups in total. The molecule has 1 aliphatic rings. The van der Waals surface area contributed by atoms with Crippen LogP contribution >= 0.6 is 0 Å². The van der Waals surface area contributed by atoms with Crippen molar-refractivity contribution in [2.75, 3.05) is 26.7 Å². The highest BCUT2D eigenvalue weighted by molar-refractivity contribution is 5.33. The number of nitrogens with one attached hydrogen (secondary N) is 2. The lowest BCUT2D eigenvalue weighted by atomic mass is 9.71. The van der Waals surface area contributed by atoms with Gasteiger partial charge in [0.15, 0.2) is 5.76 Å². The van der Waals surface area contributed by atoms with Crippen LogP contribution < -0.4 is 15.4 Å². The number of hydrogen-bond donors (Lipinski definition) is 2. The Morgan fingerprint density at radius 2 is 1.96 bits per heavy atom. The fourth-order valence-electron chi connectivity index (χ4n) is 3.76. The fraction of sp³-hybridized carbons (Fsp3) is 0.571. The highest BCUT2D eigenvalue weighted by atomic mass is 16.5. The Balaban J connectivity index is 1.59. The Hall–Kier alpha value is -1.85. The van der Waals surface area contributed by atoms with Gasteiger partial charge in [0.05, 0.1) is 19.3 Å². The molecule has 1 aromatic heterocycles. The van der Waals surface area contributed by atoms with Gasteiger partial charge in [-0.15, -0.1) is 0 Å². The topological polar surface area (TPSA) is 59.3 Å². The van der Waals surface area contributed by atoms with Crippen molar-refractivity contribution in [3.63, 3.8) is 0 Å². The third-order valence-corrected chi connectivity index (χ3v) is 5.51. The van der Waals surface area contributed by atoms with Gasteiger partial charge >= 0.3 is 0 Å². The summed E-state index contributed by atoms with van der Waals surface area (Å²) in [6, 6.07) is 10.7. The van der Waals surface area contributed by atoms with Crippen molar-refractivity contribution in [3.05, 3.63) is 47.3 Å². The van der Waals surface area contributed by atoms with Gasteiger partial charge in [-0.2, -0.15) is 0 Å². The second kappa shape index (κ2) is 8.69. The molecule has 0 saturated carbocycles. The Bertz CT molecular complexity index is 673.